The van der Waals surface area contributed by atoms with Crippen LogP contribution in [0, 0.1) is 0 Å². The molecule has 0 N–H and O–H groups in total. The van der Waals surface area contributed by atoms with E-state index in [9.17, 15) is 4.79 Å². The van der Waals surface area contributed by atoms with Crippen molar-refractivity contribution in [3.63, 3.8) is 0 Å². The van der Waals surface area contributed by atoms with Crippen molar-refractivity contribution in [3.05, 3.63) is 0 Å². The van der Waals surface area contributed by atoms with Crippen LogP contribution in [0.15, 0.2) is 0 Å². The zero-order valence-corrected chi connectivity index (χ0v) is 15.9. The first-order valence-electron chi connectivity index (χ1n) is 7.42. The standard InChI is InChI=1S/C15H28INO4/c1-12(10-19-5)20-15(11-16)6-8-17(9-7-15)13(18)21-14(2,3)4/h12H,6-11H2,1-5H3. The summed E-state index contributed by atoms with van der Waals surface area (Å²) in [6.07, 6.45) is 1.51. The van der Waals surface area contributed by atoms with Gasteiger partial charge in [0.15, 0.2) is 0 Å². The number of nitrogens with zero attached hydrogens (tertiary/aromatic N) is 1. The van der Waals surface area contributed by atoms with Gasteiger partial charge in [-0.3, -0.25) is 0 Å². The molecule has 1 aliphatic rings. The first kappa shape index (κ1) is 19.0. The van der Waals surface area contributed by atoms with Crippen molar-refractivity contribution >= 4 is 28.7 Å². The first-order chi connectivity index (χ1) is 9.71. The fraction of sp³-hybridized carbons (Fsp3) is 0.933. The number of hydrogen-bond donors (Lipinski definition) is 0. The van der Waals surface area contributed by atoms with Crippen LogP contribution < -0.4 is 0 Å². The highest BCUT2D eigenvalue weighted by Crippen LogP contribution is 2.30. The second-order valence-corrected chi connectivity index (χ2v) is 7.43. The van der Waals surface area contributed by atoms with Crippen molar-refractivity contribution in [1.29, 1.82) is 0 Å². The normalized spacial score (nSPS) is 20.2. The first-order valence-corrected chi connectivity index (χ1v) is 8.94. The summed E-state index contributed by atoms with van der Waals surface area (Å²) in [6, 6.07) is 0. The Balaban J connectivity index is 2.53. The zero-order chi connectivity index (χ0) is 16.1. The molecule has 0 saturated carbocycles. The molecule has 5 nitrogen and oxygen atoms in total. The smallest absolute Gasteiger partial charge is 0.410 e. The van der Waals surface area contributed by atoms with Crippen LogP contribution in [-0.4, -0.2) is 59.5 Å². The van der Waals surface area contributed by atoms with Gasteiger partial charge in [0.25, 0.3) is 0 Å². The summed E-state index contributed by atoms with van der Waals surface area (Å²) in [5, 5.41) is 0. The summed E-state index contributed by atoms with van der Waals surface area (Å²) < 4.78 is 17.7. The molecular formula is C15H28INO4. The molecule has 124 valence electrons. The van der Waals surface area contributed by atoms with Gasteiger partial charge < -0.3 is 19.1 Å². The molecule has 0 aromatic carbocycles. The third-order valence-electron chi connectivity index (χ3n) is 3.42. The Morgan fingerprint density at radius 1 is 1.33 bits per heavy atom. The van der Waals surface area contributed by atoms with E-state index in [0.29, 0.717) is 19.7 Å². The fourth-order valence-electron chi connectivity index (χ4n) is 2.40. The summed E-state index contributed by atoms with van der Waals surface area (Å²) in [5.74, 6) is 0. The molecule has 0 aromatic heterocycles. The third-order valence-corrected chi connectivity index (χ3v) is 4.81. The Hall–Kier alpha value is -0.0800. The molecule has 1 heterocycles. The van der Waals surface area contributed by atoms with Gasteiger partial charge in [-0.1, -0.05) is 22.6 Å². The largest absolute Gasteiger partial charge is 0.444 e. The van der Waals surface area contributed by atoms with Gasteiger partial charge in [0, 0.05) is 24.6 Å². The van der Waals surface area contributed by atoms with Crippen molar-refractivity contribution < 1.29 is 19.0 Å². The topological polar surface area (TPSA) is 48.0 Å². The van der Waals surface area contributed by atoms with Crippen LogP contribution in [0.1, 0.15) is 40.5 Å². The average molecular weight is 413 g/mol. The Kier molecular flexibility index (Phi) is 7.19. The minimum Gasteiger partial charge on any atom is -0.444 e. The lowest BCUT2D eigenvalue weighted by molar-refractivity contribution is -0.117. The molecule has 0 aromatic rings. The lowest BCUT2D eigenvalue weighted by Crippen LogP contribution is -2.51. The predicted molar refractivity (Wildman–Crippen MR) is 91.1 cm³/mol. The predicted octanol–water partition coefficient (Wildman–Crippen LogP) is 3.24. The van der Waals surface area contributed by atoms with E-state index in [4.69, 9.17) is 14.2 Å². The van der Waals surface area contributed by atoms with Crippen molar-refractivity contribution in [2.24, 2.45) is 0 Å². The molecule has 1 fully saturated rings. The number of halogens is 1. The van der Waals surface area contributed by atoms with Gasteiger partial charge in [0.05, 0.1) is 18.3 Å². The maximum absolute atomic E-state index is 12.1. The van der Waals surface area contributed by atoms with Gasteiger partial charge in [0.1, 0.15) is 5.60 Å². The van der Waals surface area contributed by atoms with Crippen LogP contribution in [0.25, 0.3) is 0 Å². The molecule has 0 bridgehead atoms. The minimum atomic E-state index is -0.446. The Morgan fingerprint density at radius 2 is 1.90 bits per heavy atom. The molecule has 1 rings (SSSR count). The SMILES string of the molecule is COCC(C)OC1(CI)CCN(C(=O)OC(C)(C)C)CC1. The van der Waals surface area contributed by atoms with Gasteiger partial charge in [-0.15, -0.1) is 0 Å². The van der Waals surface area contributed by atoms with Gasteiger partial charge in [-0.05, 0) is 40.5 Å². The van der Waals surface area contributed by atoms with E-state index in [-0.39, 0.29) is 17.8 Å². The molecule has 6 heteroatoms. The summed E-state index contributed by atoms with van der Waals surface area (Å²) in [7, 11) is 1.68. The van der Waals surface area contributed by atoms with Crippen LogP contribution in [-0.2, 0) is 14.2 Å². The molecule has 1 atom stereocenters. The Labute approximate surface area is 141 Å². The molecule has 21 heavy (non-hydrogen) atoms. The van der Waals surface area contributed by atoms with Crippen molar-refractivity contribution in [1.82, 2.24) is 4.90 Å². The van der Waals surface area contributed by atoms with Crippen molar-refractivity contribution in [2.45, 2.75) is 57.8 Å². The highest BCUT2D eigenvalue weighted by molar-refractivity contribution is 14.1. The van der Waals surface area contributed by atoms with E-state index in [2.05, 4.69) is 22.6 Å². The maximum Gasteiger partial charge on any atom is 0.410 e. The second-order valence-electron chi connectivity index (χ2n) is 6.67. The summed E-state index contributed by atoms with van der Waals surface area (Å²) >= 11 is 2.37. The fourth-order valence-corrected chi connectivity index (χ4v) is 3.34. The molecule has 0 radical (unpaired) electrons. The number of rotatable bonds is 5. The van der Waals surface area contributed by atoms with Gasteiger partial charge in [-0.25, -0.2) is 4.79 Å². The molecule has 0 spiro atoms. The molecule has 1 saturated heterocycles. The van der Waals surface area contributed by atoms with Crippen molar-refractivity contribution in [2.75, 3.05) is 31.2 Å². The van der Waals surface area contributed by atoms with Crippen LogP contribution in [0.5, 0.6) is 0 Å². The van der Waals surface area contributed by atoms with E-state index in [1.54, 1.807) is 12.0 Å². The lowest BCUT2D eigenvalue weighted by atomic mass is 9.93. The number of hydrogen-bond acceptors (Lipinski definition) is 4. The van der Waals surface area contributed by atoms with Gasteiger partial charge >= 0.3 is 6.09 Å². The number of piperidine rings is 1. The monoisotopic (exact) mass is 413 g/mol. The maximum atomic E-state index is 12.1. The summed E-state index contributed by atoms with van der Waals surface area (Å²) in [4.78, 5) is 13.9. The van der Waals surface area contributed by atoms with Crippen molar-refractivity contribution in [3.8, 4) is 0 Å². The second kappa shape index (κ2) is 7.97. The average Bonchev–Trinajstić information content (AvgIpc) is 2.37. The molecule has 1 aliphatic heterocycles. The van der Waals surface area contributed by atoms with E-state index in [0.717, 1.165) is 17.3 Å². The number of alkyl halides is 1. The highest BCUT2D eigenvalue weighted by Gasteiger charge is 2.38. The van der Waals surface area contributed by atoms with Crippen LogP contribution in [0.4, 0.5) is 4.79 Å². The quantitative estimate of drug-likeness (QED) is 0.513. The molecule has 0 aliphatic carbocycles. The summed E-state index contributed by atoms with van der Waals surface area (Å²) in [5.41, 5.74) is -0.602. The number of carbonyl (C=O) groups excluding carboxylic acids is 1. The minimum absolute atomic E-state index is 0.0674. The zero-order valence-electron chi connectivity index (χ0n) is 13.8. The molecule has 1 amide bonds. The third kappa shape index (κ3) is 6.28. The van der Waals surface area contributed by atoms with E-state index >= 15 is 0 Å². The number of likely N-dealkylation sites (tertiary alicyclic amines) is 1. The van der Waals surface area contributed by atoms with Crippen LogP contribution in [0.2, 0.25) is 0 Å². The summed E-state index contributed by atoms with van der Waals surface area (Å²) in [6.45, 7) is 9.64. The Bertz CT molecular complexity index is 335. The van der Waals surface area contributed by atoms with E-state index < -0.39 is 5.60 Å². The number of ether oxygens (including phenoxy) is 3. The highest BCUT2D eigenvalue weighted by atomic mass is 127. The van der Waals surface area contributed by atoms with E-state index in [1.807, 2.05) is 27.7 Å². The lowest BCUT2D eigenvalue weighted by Gasteiger charge is -2.42. The van der Waals surface area contributed by atoms with E-state index in [1.165, 1.54) is 0 Å². The van der Waals surface area contributed by atoms with Crippen LogP contribution >= 0.6 is 22.6 Å². The number of amides is 1. The van der Waals surface area contributed by atoms with Gasteiger partial charge in [-0.2, -0.15) is 0 Å². The Morgan fingerprint density at radius 3 is 2.33 bits per heavy atom. The molecular weight excluding hydrogens is 385 g/mol. The molecule has 1 unspecified atom stereocenters. The number of carbonyl (C=O) groups is 1. The van der Waals surface area contributed by atoms with Crippen LogP contribution in [0.3, 0.4) is 0 Å². The van der Waals surface area contributed by atoms with Gasteiger partial charge in [0.2, 0.25) is 0 Å². The number of methoxy groups -OCH3 is 1.